The van der Waals surface area contributed by atoms with Crippen molar-refractivity contribution in [1.82, 2.24) is 9.80 Å². The van der Waals surface area contributed by atoms with E-state index in [0.29, 0.717) is 0 Å². The van der Waals surface area contributed by atoms with Crippen LogP contribution in [0.1, 0.15) is 25.7 Å². The molecule has 2 saturated heterocycles. The summed E-state index contributed by atoms with van der Waals surface area (Å²) in [7, 11) is 0. The fourth-order valence-corrected chi connectivity index (χ4v) is 6.82. The van der Waals surface area contributed by atoms with Gasteiger partial charge in [0.05, 0.1) is 11.8 Å². The summed E-state index contributed by atoms with van der Waals surface area (Å²) in [4.78, 5) is 41.5. The molecular formula is C16H20Br2N2O3. The lowest BCUT2D eigenvalue weighted by atomic mass is 9.81. The Morgan fingerprint density at radius 1 is 0.957 bits per heavy atom. The minimum atomic E-state index is -0.222. The zero-order chi connectivity index (χ0) is 16.3. The number of rotatable bonds is 2. The summed E-state index contributed by atoms with van der Waals surface area (Å²) in [5.41, 5.74) is 0. The van der Waals surface area contributed by atoms with Gasteiger partial charge in [-0.25, -0.2) is 0 Å². The average Bonchev–Trinajstić information content (AvgIpc) is 3.16. The molecule has 4 rings (SSSR count). The molecule has 0 unspecified atom stereocenters. The first kappa shape index (κ1) is 16.1. The fourth-order valence-electron chi connectivity index (χ4n) is 4.94. The molecule has 6 atom stereocenters. The molecule has 0 aromatic heterocycles. The normalized spacial score (nSPS) is 42.5. The minimum Gasteiger partial charge on any atom is -0.341 e. The van der Waals surface area contributed by atoms with E-state index in [1.165, 1.54) is 4.90 Å². The van der Waals surface area contributed by atoms with E-state index in [0.717, 1.165) is 38.8 Å². The van der Waals surface area contributed by atoms with Crippen molar-refractivity contribution in [3.05, 3.63) is 0 Å². The van der Waals surface area contributed by atoms with Crippen molar-refractivity contribution in [2.75, 3.05) is 19.6 Å². The molecule has 0 spiro atoms. The van der Waals surface area contributed by atoms with Gasteiger partial charge in [-0.2, -0.15) is 0 Å². The minimum absolute atomic E-state index is 0.0655. The molecule has 4 fully saturated rings. The number of fused-ring (bicyclic) bond motifs is 5. The lowest BCUT2D eigenvalue weighted by Gasteiger charge is -2.28. The quantitative estimate of drug-likeness (QED) is 0.478. The number of alkyl halides is 2. The largest absolute Gasteiger partial charge is 0.341 e. The van der Waals surface area contributed by atoms with E-state index in [2.05, 4.69) is 31.9 Å². The van der Waals surface area contributed by atoms with Gasteiger partial charge in [0.1, 0.15) is 6.54 Å². The van der Waals surface area contributed by atoms with Gasteiger partial charge in [-0.15, -0.1) is 0 Å². The topological polar surface area (TPSA) is 57.7 Å². The van der Waals surface area contributed by atoms with E-state index < -0.39 is 0 Å². The molecule has 2 bridgehead atoms. The lowest BCUT2D eigenvalue weighted by Crippen LogP contribution is -2.45. The van der Waals surface area contributed by atoms with Crippen LogP contribution in [0.4, 0.5) is 0 Å². The number of carbonyl (C=O) groups excluding carboxylic acids is 3. The number of nitrogens with zero attached hydrogens (tertiary/aromatic N) is 2. The second-order valence-corrected chi connectivity index (χ2v) is 9.32. The van der Waals surface area contributed by atoms with Crippen LogP contribution in [0, 0.1) is 23.7 Å². The highest BCUT2D eigenvalue weighted by atomic mass is 79.9. The Hall–Kier alpha value is -0.430. The standard InChI is InChI=1S/C16H20Br2N2O3/c17-13-8-6-9(14(13)18)12-11(8)15(22)20(16(12)23)7-10(21)19-4-2-1-3-5-19/h8-9,11-14H,1-7H2/t8-,9-,11-,12-,13-,14+/m1/s1. The molecule has 2 saturated carbocycles. The fraction of sp³-hybridized carbons (Fsp3) is 0.812. The Bertz CT molecular complexity index is 532. The zero-order valence-electron chi connectivity index (χ0n) is 12.8. The van der Waals surface area contributed by atoms with E-state index in [1.807, 2.05) is 0 Å². The van der Waals surface area contributed by atoms with E-state index >= 15 is 0 Å². The van der Waals surface area contributed by atoms with Crippen LogP contribution in [0.3, 0.4) is 0 Å². The Morgan fingerprint density at radius 3 is 2.00 bits per heavy atom. The molecule has 2 aliphatic heterocycles. The molecule has 5 nitrogen and oxygen atoms in total. The lowest BCUT2D eigenvalue weighted by molar-refractivity contribution is -0.147. The van der Waals surface area contributed by atoms with Crippen molar-refractivity contribution in [3.8, 4) is 0 Å². The van der Waals surface area contributed by atoms with Gasteiger partial charge in [0.15, 0.2) is 0 Å². The Balaban J connectivity index is 1.50. The number of hydrogen-bond donors (Lipinski definition) is 0. The van der Waals surface area contributed by atoms with Crippen LogP contribution >= 0.6 is 31.9 Å². The van der Waals surface area contributed by atoms with Crippen LogP contribution in [-0.2, 0) is 14.4 Å². The summed E-state index contributed by atoms with van der Waals surface area (Å²) in [6.45, 7) is 1.43. The molecule has 3 amide bonds. The summed E-state index contributed by atoms with van der Waals surface area (Å²) < 4.78 is 0. The summed E-state index contributed by atoms with van der Waals surface area (Å²) in [5.74, 6) is -0.352. The van der Waals surface area contributed by atoms with Crippen molar-refractivity contribution >= 4 is 49.6 Å². The number of hydrogen-bond acceptors (Lipinski definition) is 3. The first-order chi connectivity index (χ1) is 11.0. The van der Waals surface area contributed by atoms with Gasteiger partial charge < -0.3 is 4.90 Å². The van der Waals surface area contributed by atoms with Crippen molar-refractivity contribution < 1.29 is 14.4 Å². The SMILES string of the molecule is O=C(CN1C(=O)[C@@H]2[C@H]3C[C@@H]([C@@H](Br)[C@H]3Br)[C@H]2C1=O)N1CCCCC1. The predicted molar refractivity (Wildman–Crippen MR) is 91.2 cm³/mol. The summed E-state index contributed by atoms with van der Waals surface area (Å²) in [5, 5.41) is 0. The van der Waals surface area contributed by atoms with Gasteiger partial charge in [-0.1, -0.05) is 31.9 Å². The molecule has 23 heavy (non-hydrogen) atoms. The Morgan fingerprint density at radius 2 is 1.48 bits per heavy atom. The third-order valence-corrected chi connectivity index (χ3v) is 9.29. The van der Waals surface area contributed by atoms with Crippen molar-refractivity contribution in [1.29, 1.82) is 0 Å². The maximum Gasteiger partial charge on any atom is 0.242 e. The van der Waals surface area contributed by atoms with E-state index in [-0.39, 0.29) is 57.6 Å². The number of likely N-dealkylation sites (tertiary alicyclic amines) is 2. The molecular weight excluding hydrogens is 428 g/mol. The highest BCUT2D eigenvalue weighted by molar-refractivity contribution is 9.12. The van der Waals surface area contributed by atoms with Crippen LogP contribution in [0.15, 0.2) is 0 Å². The number of imide groups is 1. The highest BCUT2D eigenvalue weighted by Crippen LogP contribution is 2.60. The summed E-state index contributed by atoms with van der Waals surface area (Å²) in [6.07, 6.45) is 4.10. The average molecular weight is 448 g/mol. The van der Waals surface area contributed by atoms with Gasteiger partial charge in [0.2, 0.25) is 17.7 Å². The molecule has 2 aliphatic carbocycles. The number of amides is 3. The summed E-state index contributed by atoms with van der Waals surface area (Å²) in [6, 6.07) is 0. The molecule has 126 valence electrons. The van der Waals surface area contributed by atoms with E-state index in [9.17, 15) is 14.4 Å². The molecule has 0 aromatic rings. The van der Waals surface area contributed by atoms with E-state index in [4.69, 9.17) is 0 Å². The smallest absolute Gasteiger partial charge is 0.242 e. The Kier molecular flexibility index (Phi) is 4.07. The molecule has 0 radical (unpaired) electrons. The van der Waals surface area contributed by atoms with Crippen molar-refractivity contribution in [2.45, 2.75) is 35.3 Å². The van der Waals surface area contributed by atoms with Gasteiger partial charge in [-0.05, 0) is 37.5 Å². The first-order valence-electron chi connectivity index (χ1n) is 8.42. The summed E-state index contributed by atoms with van der Waals surface area (Å²) >= 11 is 7.35. The maximum absolute atomic E-state index is 12.8. The zero-order valence-corrected chi connectivity index (χ0v) is 16.0. The van der Waals surface area contributed by atoms with Crippen LogP contribution in [0.25, 0.3) is 0 Å². The molecule has 4 aliphatic rings. The molecule has 2 heterocycles. The number of piperidine rings is 1. The van der Waals surface area contributed by atoms with Crippen LogP contribution < -0.4 is 0 Å². The third kappa shape index (κ3) is 2.33. The molecule has 7 heteroatoms. The van der Waals surface area contributed by atoms with Gasteiger partial charge in [0.25, 0.3) is 0 Å². The highest BCUT2D eigenvalue weighted by Gasteiger charge is 2.66. The molecule has 0 N–H and O–H groups in total. The van der Waals surface area contributed by atoms with Gasteiger partial charge in [0, 0.05) is 22.7 Å². The van der Waals surface area contributed by atoms with Crippen LogP contribution in [0.5, 0.6) is 0 Å². The van der Waals surface area contributed by atoms with Crippen molar-refractivity contribution in [3.63, 3.8) is 0 Å². The number of carbonyl (C=O) groups is 3. The Labute approximate surface area is 152 Å². The second-order valence-electron chi connectivity index (χ2n) is 7.21. The van der Waals surface area contributed by atoms with Crippen LogP contribution in [0.2, 0.25) is 0 Å². The monoisotopic (exact) mass is 446 g/mol. The maximum atomic E-state index is 12.8. The van der Waals surface area contributed by atoms with Crippen molar-refractivity contribution in [2.24, 2.45) is 23.7 Å². The predicted octanol–water partition coefficient (Wildman–Crippen LogP) is 1.78. The van der Waals surface area contributed by atoms with Gasteiger partial charge in [-0.3, -0.25) is 19.3 Å². The van der Waals surface area contributed by atoms with Crippen LogP contribution in [-0.4, -0.2) is 56.8 Å². The molecule has 0 aromatic carbocycles. The van der Waals surface area contributed by atoms with E-state index in [1.54, 1.807) is 4.90 Å². The van der Waals surface area contributed by atoms with Gasteiger partial charge >= 0.3 is 0 Å². The number of halogens is 2. The second kappa shape index (κ2) is 5.83. The third-order valence-electron chi connectivity index (χ3n) is 6.08. The first-order valence-corrected chi connectivity index (χ1v) is 10.2.